The molecule has 182 valence electrons. The number of ether oxygens (including phenoxy) is 1. The molecule has 8 nitrogen and oxygen atoms in total. The van der Waals surface area contributed by atoms with Crippen LogP contribution in [0.2, 0.25) is 0 Å². The molecule has 0 bridgehead atoms. The first-order chi connectivity index (χ1) is 17.0. The maximum absolute atomic E-state index is 13.1. The number of likely N-dealkylation sites (tertiary alicyclic amines) is 1. The lowest BCUT2D eigenvalue weighted by molar-refractivity contribution is -0.138. The summed E-state index contributed by atoms with van der Waals surface area (Å²) in [5, 5.41) is 3.53. The summed E-state index contributed by atoms with van der Waals surface area (Å²) in [5.74, 6) is 0.204. The Bertz CT molecular complexity index is 1240. The van der Waals surface area contributed by atoms with Gasteiger partial charge in [0, 0.05) is 37.7 Å². The molecule has 0 radical (unpaired) electrons. The van der Waals surface area contributed by atoms with Crippen molar-refractivity contribution in [1.29, 1.82) is 0 Å². The van der Waals surface area contributed by atoms with Crippen molar-refractivity contribution in [2.45, 2.75) is 26.2 Å². The fourth-order valence-corrected chi connectivity index (χ4v) is 5.67. The van der Waals surface area contributed by atoms with E-state index in [-0.39, 0.29) is 36.0 Å². The second-order valence-electron chi connectivity index (χ2n) is 8.91. The van der Waals surface area contributed by atoms with Gasteiger partial charge in [0.25, 0.3) is 0 Å². The third kappa shape index (κ3) is 5.00. The largest absolute Gasteiger partial charge is 0.494 e. The molecule has 2 aliphatic rings. The highest BCUT2D eigenvalue weighted by atomic mass is 32.1. The van der Waals surface area contributed by atoms with Crippen LogP contribution in [0.1, 0.15) is 26.2 Å². The number of nitrogens with one attached hydrogen (secondary N) is 1. The highest BCUT2D eigenvalue weighted by molar-refractivity contribution is 7.22. The Morgan fingerprint density at radius 3 is 2.63 bits per heavy atom. The Labute approximate surface area is 207 Å². The molecule has 35 heavy (non-hydrogen) atoms. The Balaban J connectivity index is 1.14. The zero-order valence-corrected chi connectivity index (χ0v) is 20.4. The topological polar surface area (TPSA) is 91.8 Å². The van der Waals surface area contributed by atoms with E-state index in [0.29, 0.717) is 44.2 Å². The number of carbonyl (C=O) groups is 3. The van der Waals surface area contributed by atoms with E-state index >= 15 is 0 Å². The van der Waals surface area contributed by atoms with Gasteiger partial charge in [-0.05, 0) is 50.1 Å². The zero-order valence-electron chi connectivity index (χ0n) is 19.6. The molecule has 1 unspecified atom stereocenters. The fourth-order valence-electron chi connectivity index (χ4n) is 4.77. The Hall–Kier alpha value is -3.46. The third-order valence-corrected chi connectivity index (χ3v) is 7.55. The second kappa shape index (κ2) is 10.0. The molecule has 2 aliphatic heterocycles. The summed E-state index contributed by atoms with van der Waals surface area (Å²) < 4.78 is 6.50. The summed E-state index contributed by atoms with van der Waals surface area (Å²) in [6.45, 7) is 3.98. The van der Waals surface area contributed by atoms with Crippen molar-refractivity contribution in [2.75, 3.05) is 36.5 Å². The fraction of sp³-hybridized carbons (Fsp3) is 0.385. The van der Waals surface area contributed by atoms with Crippen molar-refractivity contribution >= 4 is 50.1 Å². The van der Waals surface area contributed by atoms with Crippen molar-refractivity contribution in [3.8, 4) is 5.75 Å². The van der Waals surface area contributed by atoms with Gasteiger partial charge in [-0.3, -0.25) is 14.4 Å². The number of nitrogens with zero attached hydrogens (tertiary/aromatic N) is 3. The van der Waals surface area contributed by atoms with Gasteiger partial charge in [-0.25, -0.2) is 4.98 Å². The van der Waals surface area contributed by atoms with Crippen LogP contribution in [-0.4, -0.2) is 53.8 Å². The molecule has 3 aromatic rings. The molecule has 3 heterocycles. The number of rotatable bonds is 6. The first kappa shape index (κ1) is 23.3. The molecule has 2 aromatic carbocycles. The maximum Gasteiger partial charge on any atom is 0.229 e. The smallest absolute Gasteiger partial charge is 0.229 e. The lowest BCUT2D eigenvalue weighted by Crippen LogP contribution is -2.44. The van der Waals surface area contributed by atoms with Gasteiger partial charge in [0.05, 0.1) is 22.7 Å². The summed E-state index contributed by atoms with van der Waals surface area (Å²) >= 11 is 1.43. The van der Waals surface area contributed by atoms with E-state index < -0.39 is 0 Å². The zero-order chi connectivity index (χ0) is 24.4. The molecule has 3 amide bonds. The van der Waals surface area contributed by atoms with Gasteiger partial charge >= 0.3 is 0 Å². The van der Waals surface area contributed by atoms with Crippen LogP contribution < -0.4 is 15.0 Å². The van der Waals surface area contributed by atoms with E-state index in [0.717, 1.165) is 21.7 Å². The SMILES string of the molecule is CCOc1ccc2nc(NC(=O)C3CCN(C(=O)C4CC(=O)N(c5ccccc5)C4)CC3)sc2c1. The Morgan fingerprint density at radius 1 is 1.11 bits per heavy atom. The van der Waals surface area contributed by atoms with Crippen molar-refractivity contribution in [2.24, 2.45) is 11.8 Å². The number of amides is 3. The van der Waals surface area contributed by atoms with E-state index in [1.54, 1.807) is 4.90 Å². The van der Waals surface area contributed by atoms with E-state index in [1.165, 1.54) is 11.3 Å². The number of piperidine rings is 1. The molecule has 9 heteroatoms. The Morgan fingerprint density at radius 2 is 1.89 bits per heavy atom. The average Bonchev–Trinajstić information content (AvgIpc) is 3.46. The molecule has 0 aliphatic carbocycles. The minimum absolute atomic E-state index is 0.00640. The Kier molecular flexibility index (Phi) is 6.68. The number of benzene rings is 2. The molecule has 5 rings (SSSR count). The average molecular weight is 493 g/mol. The van der Waals surface area contributed by atoms with Crippen LogP contribution in [0.5, 0.6) is 5.75 Å². The minimum atomic E-state index is -0.336. The lowest BCUT2D eigenvalue weighted by atomic mass is 9.94. The van der Waals surface area contributed by atoms with E-state index in [1.807, 2.05) is 60.4 Å². The van der Waals surface area contributed by atoms with E-state index in [4.69, 9.17) is 4.74 Å². The molecule has 1 aromatic heterocycles. The van der Waals surface area contributed by atoms with Crippen LogP contribution in [0.25, 0.3) is 10.2 Å². The monoisotopic (exact) mass is 492 g/mol. The number of fused-ring (bicyclic) bond motifs is 1. The van der Waals surface area contributed by atoms with Gasteiger partial charge in [-0.1, -0.05) is 29.5 Å². The highest BCUT2D eigenvalue weighted by Crippen LogP contribution is 2.31. The number of anilines is 2. The number of hydrogen-bond donors (Lipinski definition) is 1. The number of para-hydroxylation sites is 1. The van der Waals surface area contributed by atoms with Gasteiger partial charge in [0.1, 0.15) is 5.75 Å². The van der Waals surface area contributed by atoms with Crippen LogP contribution in [-0.2, 0) is 14.4 Å². The quantitative estimate of drug-likeness (QED) is 0.563. The number of carbonyl (C=O) groups excluding carboxylic acids is 3. The van der Waals surface area contributed by atoms with Crippen molar-refractivity contribution in [3.05, 3.63) is 48.5 Å². The molecule has 0 spiro atoms. The molecule has 2 saturated heterocycles. The standard InChI is InChI=1S/C26H28N4O4S/c1-2-34-20-8-9-21-22(15-20)35-26(27-21)28-24(32)17-10-12-29(13-11-17)25(33)18-14-23(31)30(16-18)19-6-4-3-5-7-19/h3-9,15,17-18H,2,10-14,16H2,1H3,(H,27,28,32). The van der Waals surface area contributed by atoms with Gasteiger partial charge in [-0.2, -0.15) is 0 Å². The lowest BCUT2D eigenvalue weighted by Gasteiger charge is -2.32. The van der Waals surface area contributed by atoms with Gasteiger partial charge < -0.3 is 19.9 Å². The van der Waals surface area contributed by atoms with Gasteiger partial charge in [0.15, 0.2) is 5.13 Å². The van der Waals surface area contributed by atoms with Gasteiger partial charge in [-0.15, -0.1) is 0 Å². The minimum Gasteiger partial charge on any atom is -0.494 e. The summed E-state index contributed by atoms with van der Waals surface area (Å²) in [7, 11) is 0. The van der Waals surface area contributed by atoms with Crippen molar-refractivity contribution in [3.63, 3.8) is 0 Å². The summed E-state index contributed by atoms with van der Waals surface area (Å²) in [6.07, 6.45) is 1.43. The summed E-state index contributed by atoms with van der Waals surface area (Å²) in [5.41, 5.74) is 1.65. The summed E-state index contributed by atoms with van der Waals surface area (Å²) in [4.78, 5) is 46.5. The summed E-state index contributed by atoms with van der Waals surface area (Å²) in [6, 6.07) is 15.2. The normalized spacial score (nSPS) is 18.8. The van der Waals surface area contributed by atoms with Crippen LogP contribution >= 0.6 is 11.3 Å². The number of thiazole rings is 1. The van der Waals surface area contributed by atoms with Crippen LogP contribution in [0.4, 0.5) is 10.8 Å². The predicted molar refractivity (Wildman–Crippen MR) is 136 cm³/mol. The third-order valence-electron chi connectivity index (χ3n) is 6.62. The maximum atomic E-state index is 13.1. The molecule has 1 atom stereocenters. The molecular weight excluding hydrogens is 464 g/mol. The second-order valence-corrected chi connectivity index (χ2v) is 9.94. The predicted octanol–water partition coefficient (Wildman–Crippen LogP) is 3.93. The van der Waals surface area contributed by atoms with E-state index in [9.17, 15) is 14.4 Å². The first-order valence-electron chi connectivity index (χ1n) is 12.0. The first-order valence-corrected chi connectivity index (χ1v) is 12.8. The molecule has 2 fully saturated rings. The van der Waals surface area contributed by atoms with E-state index in [2.05, 4.69) is 10.3 Å². The number of hydrogen-bond acceptors (Lipinski definition) is 6. The van der Waals surface area contributed by atoms with Gasteiger partial charge in [0.2, 0.25) is 17.7 Å². The molecular formula is C26H28N4O4S. The van der Waals surface area contributed by atoms with Crippen LogP contribution in [0, 0.1) is 11.8 Å². The van der Waals surface area contributed by atoms with Crippen molar-refractivity contribution < 1.29 is 19.1 Å². The van der Waals surface area contributed by atoms with Crippen LogP contribution in [0.3, 0.4) is 0 Å². The molecule has 0 saturated carbocycles. The van der Waals surface area contributed by atoms with Crippen molar-refractivity contribution in [1.82, 2.24) is 9.88 Å². The highest BCUT2D eigenvalue weighted by Gasteiger charge is 2.38. The number of aromatic nitrogens is 1. The van der Waals surface area contributed by atoms with Crippen LogP contribution in [0.15, 0.2) is 48.5 Å². The molecule has 1 N–H and O–H groups in total.